The van der Waals surface area contributed by atoms with Gasteiger partial charge in [-0.3, -0.25) is 23.5 Å². The Bertz CT molecular complexity index is 3140. The third-order valence-electron chi connectivity index (χ3n) is 9.77. The first-order valence-corrected chi connectivity index (χ1v) is 19.0. The van der Waals surface area contributed by atoms with Crippen LogP contribution in [0.5, 0.6) is 23.0 Å². The quantitative estimate of drug-likeness (QED) is 0.106. The van der Waals surface area contributed by atoms with E-state index in [9.17, 15) is 19.5 Å². The molecule has 0 saturated heterocycles. The number of halogens is 1. The van der Waals surface area contributed by atoms with Gasteiger partial charge in [-0.2, -0.15) is 0 Å². The Morgan fingerprint density at radius 2 is 1.27 bits per heavy atom. The number of aromatic nitrogens is 4. The van der Waals surface area contributed by atoms with Crippen molar-refractivity contribution in [2.45, 2.75) is 6.92 Å². The van der Waals surface area contributed by atoms with Crippen LogP contribution in [0.4, 0.5) is 0 Å². The number of aromatic hydroxyl groups is 1. The molecule has 0 bridgehead atoms. The van der Waals surface area contributed by atoms with E-state index in [2.05, 4.69) is 0 Å². The van der Waals surface area contributed by atoms with Gasteiger partial charge in [-0.1, -0.05) is 66.2 Å². The van der Waals surface area contributed by atoms with Gasteiger partial charge in [0.25, 0.3) is 11.1 Å². The normalized spacial score (nSPS) is 11.5. The van der Waals surface area contributed by atoms with Crippen molar-refractivity contribution < 1.29 is 24.1 Å². The van der Waals surface area contributed by atoms with Crippen molar-refractivity contribution in [1.82, 2.24) is 19.1 Å². The second-order valence-electron chi connectivity index (χ2n) is 13.5. The van der Waals surface area contributed by atoms with Crippen molar-refractivity contribution >= 4 is 63.7 Å². The SMILES string of the molecule is COc1cccc(/C=C/c2nc3cc(-c4ccc(/C=C/c5nc6ccccc6c(=O)n5-c5ccc(Cl)cc5)c(O)c4OC)ccc3c(=O)n2-c2ccccc2)c1OC(C)=O. The summed E-state index contributed by atoms with van der Waals surface area (Å²) in [5, 5.41) is 13.0. The van der Waals surface area contributed by atoms with E-state index in [1.54, 1.807) is 115 Å². The lowest BCUT2D eigenvalue weighted by Gasteiger charge is -2.15. The largest absolute Gasteiger partial charge is 0.504 e. The van der Waals surface area contributed by atoms with Crippen molar-refractivity contribution in [2.75, 3.05) is 14.2 Å². The van der Waals surface area contributed by atoms with E-state index in [4.69, 9.17) is 35.8 Å². The Hall–Kier alpha value is -7.76. The average molecular weight is 815 g/mol. The molecular formula is C48H35ClN4O7. The van der Waals surface area contributed by atoms with E-state index in [1.807, 2.05) is 36.4 Å². The first-order valence-electron chi connectivity index (χ1n) is 18.7. The second kappa shape index (κ2) is 16.6. The molecule has 60 heavy (non-hydrogen) atoms. The molecule has 8 rings (SSSR count). The maximum atomic E-state index is 14.3. The van der Waals surface area contributed by atoms with Crippen LogP contribution >= 0.6 is 11.6 Å². The number of phenolic OH excluding ortho intramolecular Hbond substituents is 1. The van der Waals surface area contributed by atoms with E-state index < -0.39 is 5.97 Å². The van der Waals surface area contributed by atoms with Gasteiger partial charge >= 0.3 is 5.97 Å². The van der Waals surface area contributed by atoms with Gasteiger partial charge in [0.2, 0.25) is 0 Å². The zero-order valence-electron chi connectivity index (χ0n) is 32.5. The highest BCUT2D eigenvalue weighted by Crippen LogP contribution is 2.41. The number of carbonyl (C=O) groups excluding carboxylic acids is 1. The van der Waals surface area contributed by atoms with Crippen LogP contribution in [0.25, 0.3) is 68.6 Å². The summed E-state index contributed by atoms with van der Waals surface area (Å²) in [7, 11) is 2.94. The number of esters is 1. The Balaban J connectivity index is 1.21. The van der Waals surface area contributed by atoms with Crippen LogP contribution in [0.2, 0.25) is 5.02 Å². The number of benzene rings is 6. The van der Waals surface area contributed by atoms with Crippen molar-refractivity contribution in [2.24, 2.45) is 0 Å². The fraction of sp³-hybridized carbons (Fsp3) is 0.0625. The first kappa shape index (κ1) is 39.1. The lowest BCUT2D eigenvalue weighted by molar-refractivity contribution is -0.132. The number of para-hydroxylation sites is 3. The number of phenols is 1. The third kappa shape index (κ3) is 7.52. The zero-order chi connectivity index (χ0) is 41.9. The minimum Gasteiger partial charge on any atom is -0.504 e. The summed E-state index contributed by atoms with van der Waals surface area (Å²) >= 11 is 6.16. The molecule has 0 radical (unpaired) electrons. The average Bonchev–Trinajstić information content (AvgIpc) is 3.26. The molecule has 0 fully saturated rings. The summed E-state index contributed by atoms with van der Waals surface area (Å²) in [6.45, 7) is 1.31. The number of fused-ring (bicyclic) bond motifs is 2. The maximum Gasteiger partial charge on any atom is 0.308 e. The van der Waals surface area contributed by atoms with Gasteiger partial charge in [-0.15, -0.1) is 0 Å². The maximum absolute atomic E-state index is 14.3. The summed E-state index contributed by atoms with van der Waals surface area (Å²) in [5.74, 6) is 0.768. The number of ether oxygens (including phenoxy) is 3. The topological polar surface area (TPSA) is 135 Å². The molecule has 2 heterocycles. The highest BCUT2D eigenvalue weighted by Gasteiger charge is 2.19. The van der Waals surface area contributed by atoms with Gasteiger partial charge < -0.3 is 19.3 Å². The van der Waals surface area contributed by atoms with Crippen LogP contribution in [0.1, 0.15) is 29.7 Å². The Morgan fingerprint density at radius 1 is 0.633 bits per heavy atom. The Kier molecular flexibility index (Phi) is 10.8. The third-order valence-corrected chi connectivity index (χ3v) is 10.0. The zero-order valence-corrected chi connectivity index (χ0v) is 33.3. The van der Waals surface area contributed by atoms with E-state index in [-0.39, 0.29) is 28.4 Å². The van der Waals surface area contributed by atoms with E-state index in [1.165, 1.54) is 30.3 Å². The second-order valence-corrected chi connectivity index (χ2v) is 13.9. The molecule has 8 aromatic rings. The molecule has 0 saturated carbocycles. The molecule has 0 atom stereocenters. The molecule has 296 valence electrons. The number of hydrogen-bond donors (Lipinski definition) is 1. The molecule has 0 aliphatic rings. The van der Waals surface area contributed by atoms with Crippen LogP contribution in [0.15, 0.2) is 137 Å². The standard InChI is InChI=1S/C48H35ClN4O7/c1-29(54)60-45-31(10-9-15-41(45)58-2)19-27-43-51-40-28-32(17-25-38(40)48(57)52(43)34-11-5-4-6-12-34)36-24-16-30(44(55)46(36)59-3)18-26-42-50-39-14-8-7-13-37(39)47(56)53(42)35-22-20-33(49)21-23-35/h4-28,55H,1-3H3/b26-18+,27-19+. The van der Waals surface area contributed by atoms with Crippen LogP contribution in [-0.2, 0) is 4.79 Å². The van der Waals surface area contributed by atoms with E-state index in [0.29, 0.717) is 77.9 Å². The summed E-state index contributed by atoms with van der Waals surface area (Å²) in [5.41, 5.74) is 3.64. The van der Waals surface area contributed by atoms with Gasteiger partial charge in [0.05, 0.1) is 47.4 Å². The van der Waals surface area contributed by atoms with Crippen LogP contribution in [-0.4, -0.2) is 44.4 Å². The van der Waals surface area contributed by atoms with Crippen molar-refractivity contribution in [1.29, 1.82) is 0 Å². The van der Waals surface area contributed by atoms with E-state index >= 15 is 0 Å². The lowest BCUT2D eigenvalue weighted by atomic mass is 10.00. The van der Waals surface area contributed by atoms with Crippen molar-refractivity contribution in [3.8, 4) is 45.5 Å². The van der Waals surface area contributed by atoms with Gasteiger partial charge in [0.15, 0.2) is 23.0 Å². The van der Waals surface area contributed by atoms with Crippen molar-refractivity contribution in [3.05, 3.63) is 176 Å². The molecule has 12 heteroatoms. The van der Waals surface area contributed by atoms with Crippen LogP contribution in [0, 0.1) is 0 Å². The van der Waals surface area contributed by atoms with Gasteiger partial charge in [-0.25, -0.2) is 9.97 Å². The molecule has 6 aromatic carbocycles. The monoisotopic (exact) mass is 814 g/mol. The number of carbonyl (C=O) groups is 1. The molecule has 2 aromatic heterocycles. The highest BCUT2D eigenvalue weighted by atomic mass is 35.5. The fourth-order valence-electron chi connectivity index (χ4n) is 6.97. The number of hydrogen-bond acceptors (Lipinski definition) is 9. The number of methoxy groups -OCH3 is 2. The van der Waals surface area contributed by atoms with Crippen LogP contribution in [0.3, 0.4) is 0 Å². The smallest absolute Gasteiger partial charge is 0.308 e. The van der Waals surface area contributed by atoms with Crippen molar-refractivity contribution in [3.63, 3.8) is 0 Å². The fourth-order valence-corrected chi connectivity index (χ4v) is 7.10. The molecule has 0 aliphatic carbocycles. The first-order chi connectivity index (χ1) is 29.1. The summed E-state index contributed by atoms with van der Waals surface area (Å²) in [6, 6.07) is 37.1. The number of nitrogens with zero attached hydrogens (tertiary/aromatic N) is 4. The molecule has 0 amide bonds. The molecular weight excluding hydrogens is 780 g/mol. The summed E-state index contributed by atoms with van der Waals surface area (Å²) < 4.78 is 19.7. The molecule has 0 aliphatic heterocycles. The minimum absolute atomic E-state index is 0.148. The Morgan fingerprint density at radius 3 is 1.95 bits per heavy atom. The predicted molar refractivity (Wildman–Crippen MR) is 236 cm³/mol. The molecule has 1 N–H and O–H groups in total. The predicted octanol–water partition coefficient (Wildman–Crippen LogP) is 9.39. The van der Waals surface area contributed by atoms with Crippen LogP contribution < -0.4 is 25.3 Å². The summed E-state index contributed by atoms with van der Waals surface area (Å²) in [6.07, 6.45) is 6.69. The Labute approximate surface area is 348 Å². The van der Waals surface area contributed by atoms with Gasteiger partial charge in [0, 0.05) is 28.6 Å². The number of rotatable bonds is 10. The molecule has 0 unspecified atom stereocenters. The summed E-state index contributed by atoms with van der Waals surface area (Å²) in [4.78, 5) is 49.7. The van der Waals surface area contributed by atoms with Gasteiger partial charge in [0.1, 0.15) is 11.6 Å². The highest BCUT2D eigenvalue weighted by molar-refractivity contribution is 6.30. The van der Waals surface area contributed by atoms with Gasteiger partial charge in [-0.05, 0) is 103 Å². The van der Waals surface area contributed by atoms with E-state index in [0.717, 1.165) is 0 Å². The minimum atomic E-state index is -0.515. The lowest BCUT2D eigenvalue weighted by Crippen LogP contribution is -2.22. The molecule has 0 spiro atoms. The molecule has 11 nitrogen and oxygen atoms in total.